The van der Waals surface area contributed by atoms with Crippen LogP contribution in [0, 0.1) is 0 Å². The fourth-order valence-electron chi connectivity index (χ4n) is 4.32. The Morgan fingerprint density at radius 2 is 1.43 bits per heavy atom. The molecule has 0 radical (unpaired) electrons. The summed E-state index contributed by atoms with van der Waals surface area (Å²) in [7, 11) is 4.58. The Morgan fingerprint density at radius 1 is 0.725 bits per heavy atom. The second-order valence-electron chi connectivity index (χ2n) is 8.73. The molecule has 0 atom stereocenters. The van der Waals surface area contributed by atoms with Gasteiger partial charge in [0.2, 0.25) is 0 Å². The molecule has 0 bridgehead atoms. The van der Waals surface area contributed by atoms with E-state index in [1.807, 2.05) is 30.3 Å². The van der Waals surface area contributed by atoms with Crippen LogP contribution in [0.1, 0.15) is 26.3 Å². The lowest BCUT2D eigenvalue weighted by molar-refractivity contribution is 0.0736. The Morgan fingerprint density at radius 3 is 2.17 bits per heavy atom. The van der Waals surface area contributed by atoms with Gasteiger partial charge >= 0.3 is 5.97 Å². The average molecular weight is 535 g/mol. The third kappa shape index (κ3) is 5.31. The monoisotopic (exact) mass is 534 g/mol. The number of rotatable bonds is 9. The first-order valence-electron chi connectivity index (χ1n) is 12.4. The lowest BCUT2D eigenvalue weighted by Gasteiger charge is -2.09. The van der Waals surface area contributed by atoms with Gasteiger partial charge in [-0.15, -0.1) is 0 Å². The molecule has 5 aromatic rings. The summed E-state index contributed by atoms with van der Waals surface area (Å²) in [5, 5.41) is 0.566. The van der Waals surface area contributed by atoms with E-state index < -0.39 is 5.97 Å². The van der Waals surface area contributed by atoms with Crippen molar-refractivity contribution in [3.05, 3.63) is 114 Å². The molecule has 1 aromatic heterocycles. The molecule has 0 aliphatic rings. The fourth-order valence-corrected chi connectivity index (χ4v) is 4.32. The molecule has 0 N–H and O–H groups in total. The first-order valence-corrected chi connectivity index (χ1v) is 12.4. The summed E-state index contributed by atoms with van der Waals surface area (Å²) in [6.07, 6.45) is 3.00. The van der Waals surface area contributed by atoms with Crippen molar-refractivity contribution in [2.45, 2.75) is 0 Å². The number of esters is 1. The van der Waals surface area contributed by atoms with Crippen LogP contribution < -0.4 is 18.9 Å². The van der Waals surface area contributed by atoms with Gasteiger partial charge in [-0.25, -0.2) is 4.79 Å². The topological polar surface area (TPSA) is 84.2 Å². The van der Waals surface area contributed by atoms with E-state index in [2.05, 4.69) is 0 Å². The molecule has 5 rings (SSSR count). The highest BCUT2D eigenvalue weighted by Gasteiger charge is 2.25. The number of ether oxygens (including phenoxy) is 4. The van der Waals surface area contributed by atoms with Crippen molar-refractivity contribution in [3.63, 3.8) is 0 Å². The lowest BCUT2D eigenvalue weighted by Crippen LogP contribution is -2.10. The zero-order valence-electron chi connectivity index (χ0n) is 22.2. The van der Waals surface area contributed by atoms with Crippen LogP contribution in [0.3, 0.4) is 0 Å². The standard InChI is InChI=1S/C33H26O7/c1-36-23-14-17-29(38-3)25(19-23)27(34)16-13-21-9-7-8-12-28(21)40-33(35)31-26-20-24(37-2)15-18-30(26)39-32(31)22-10-5-4-6-11-22/h4-20H,1-3H3. The van der Waals surface area contributed by atoms with E-state index in [4.69, 9.17) is 23.4 Å². The number of hydrogen-bond donors (Lipinski definition) is 0. The van der Waals surface area contributed by atoms with E-state index in [-0.39, 0.29) is 17.1 Å². The highest BCUT2D eigenvalue weighted by molar-refractivity contribution is 6.11. The van der Waals surface area contributed by atoms with Gasteiger partial charge in [0.05, 0.1) is 26.9 Å². The summed E-state index contributed by atoms with van der Waals surface area (Å²) < 4.78 is 28.0. The number of hydrogen-bond acceptors (Lipinski definition) is 7. The number of carbonyl (C=O) groups is 2. The molecule has 1 heterocycles. The van der Waals surface area contributed by atoms with E-state index in [9.17, 15) is 9.59 Å². The molecule has 0 amide bonds. The van der Waals surface area contributed by atoms with Gasteiger partial charge in [0.1, 0.15) is 39.9 Å². The van der Waals surface area contributed by atoms with Crippen molar-refractivity contribution in [2.75, 3.05) is 21.3 Å². The molecule has 4 aromatic carbocycles. The molecular weight excluding hydrogens is 508 g/mol. The third-order valence-corrected chi connectivity index (χ3v) is 6.34. The van der Waals surface area contributed by atoms with E-state index in [0.717, 1.165) is 5.56 Å². The van der Waals surface area contributed by atoms with Crippen LogP contribution in [0.5, 0.6) is 23.0 Å². The van der Waals surface area contributed by atoms with Crippen molar-refractivity contribution in [1.82, 2.24) is 0 Å². The molecule has 0 unspecified atom stereocenters. The quantitative estimate of drug-likeness (QED) is 0.0853. The Labute approximate surface area is 231 Å². The highest BCUT2D eigenvalue weighted by Crippen LogP contribution is 2.36. The minimum absolute atomic E-state index is 0.274. The number of methoxy groups -OCH3 is 3. The van der Waals surface area contributed by atoms with Crippen LogP contribution in [0.15, 0.2) is 101 Å². The number of para-hydroxylation sites is 1. The lowest BCUT2D eigenvalue weighted by atomic mass is 10.1. The first-order chi connectivity index (χ1) is 19.5. The number of furan rings is 1. The molecule has 0 saturated carbocycles. The van der Waals surface area contributed by atoms with Crippen molar-refractivity contribution in [2.24, 2.45) is 0 Å². The Hall–Kier alpha value is -5.30. The van der Waals surface area contributed by atoms with E-state index in [0.29, 0.717) is 45.1 Å². The first kappa shape index (κ1) is 26.3. The minimum Gasteiger partial charge on any atom is -0.497 e. The highest BCUT2D eigenvalue weighted by atomic mass is 16.5. The van der Waals surface area contributed by atoms with Gasteiger partial charge in [0.15, 0.2) is 5.78 Å². The van der Waals surface area contributed by atoms with Gasteiger partial charge in [0, 0.05) is 16.5 Å². The molecule has 7 nitrogen and oxygen atoms in total. The van der Waals surface area contributed by atoms with E-state index >= 15 is 0 Å². The number of allylic oxidation sites excluding steroid dienone is 1. The second kappa shape index (κ2) is 11.6. The molecule has 0 spiro atoms. The van der Waals surface area contributed by atoms with Gasteiger partial charge in [-0.3, -0.25) is 4.79 Å². The van der Waals surface area contributed by atoms with Crippen molar-refractivity contribution >= 4 is 28.8 Å². The number of carbonyl (C=O) groups excluding carboxylic acids is 2. The summed E-state index contributed by atoms with van der Waals surface area (Å²) in [4.78, 5) is 26.7. The molecule has 200 valence electrons. The second-order valence-corrected chi connectivity index (χ2v) is 8.73. The Balaban J connectivity index is 1.49. The minimum atomic E-state index is -0.604. The average Bonchev–Trinajstić information content (AvgIpc) is 3.39. The molecule has 0 aliphatic carbocycles. The summed E-state index contributed by atoms with van der Waals surface area (Å²) in [6, 6.07) is 26.6. The predicted octanol–water partition coefficient (Wildman–Crippen LogP) is 7.24. The fraction of sp³-hybridized carbons (Fsp3) is 0.0909. The number of ketones is 1. The Kier molecular flexibility index (Phi) is 7.64. The molecule has 0 saturated heterocycles. The van der Waals surface area contributed by atoms with Crippen molar-refractivity contribution in [1.29, 1.82) is 0 Å². The van der Waals surface area contributed by atoms with Gasteiger partial charge in [-0.2, -0.15) is 0 Å². The van der Waals surface area contributed by atoms with E-state index in [1.54, 1.807) is 73.8 Å². The number of benzene rings is 4. The zero-order chi connectivity index (χ0) is 28.1. The number of fused-ring (bicyclic) bond motifs is 1. The van der Waals surface area contributed by atoms with E-state index in [1.165, 1.54) is 20.3 Å². The van der Waals surface area contributed by atoms with Crippen LogP contribution in [-0.2, 0) is 0 Å². The molecule has 0 aliphatic heterocycles. The summed E-state index contributed by atoms with van der Waals surface area (Å²) in [5.74, 6) is 1.31. The zero-order valence-corrected chi connectivity index (χ0v) is 22.2. The molecule has 7 heteroatoms. The van der Waals surface area contributed by atoms with Crippen LogP contribution >= 0.6 is 0 Å². The predicted molar refractivity (Wildman–Crippen MR) is 153 cm³/mol. The Bertz CT molecular complexity index is 1710. The summed E-state index contributed by atoms with van der Waals surface area (Å²) in [5.41, 5.74) is 2.42. The van der Waals surface area contributed by atoms with Gasteiger partial charge < -0.3 is 23.4 Å². The smallest absolute Gasteiger partial charge is 0.348 e. The van der Waals surface area contributed by atoms with Gasteiger partial charge in [0.25, 0.3) is 0 Å². The molecule has 0 fully saturated rings. The maximum absolute atomic E-state index is 13.7. The van der Waals surface area contributed by atoms with Gasteiger partial charge in [-0.05, 0) is 54.6 Å². The normalized spacial score (nSPS) is 11.0. The largest absolute Gasteiger partial charge is 0.497 e. The van der Waals surface area contributed by atoms with Crippen LogP contribution in [-0.4, -0.2) is 33.1 Å². The van der Waals surface area contributed by atoms with Crippen LogP contribution in [0.25, 0.3) is 28.4 Å². The summed E-state index contributed by atoms with van der Waals surface area (Å²) >= 11 is 0. The maximum Gasteiger partial charge on any atom is 0.348 e. The van der Waals surface area contributed by atoms with Crippen LogP contribution in [0.2, 0.25) is 0 Å². The van der Waals surface area contributed by atoms with Crippen LogP contribution in [0.4, 0.5) is 0 Å². The SMILES string of the molecule is COc1ccc(OC)c(C(=O)C=Cc2ccccc2OC(=O)c2c(-c3ccccc3)oc3ccc(OC)cc23)c1. The third-order valence-electron chi connectivity index (χ3n) is 6.34. The molecule has 40 heavy (non-hydrogen) atoms. The van der Waals surface area contributed by atoms with Crippen molar-refractivity contribution < 1.29 is 33.0 Å². The molecular formula is C33H26O7. The summed E-state index contributed by atoms with van der Waals surface area (Å²) in [6.45, 7) is 0. The van der Waals surface area contributed by atoms with Gasteiger partial charge in [-0.1, -0.05) is 48.5 Å². The maximum atomic E-state index is 13.7. The van der Waals surface area contributed by atoms with Crippen molar-refractivity contribution in [3.8, 4) is 34.3 Å².